The quantitative estimate of drug-likeness (QED) is 0.823. The van der Waals surface area contributed by atoms with Gasteiger partial charge in [0.25, 0.3) is 0 Å². The summed E-state index contributed by atoms with van der Waals surface area (Å²) in [5.41, 5.74) is 3.17. The minimum atomic E-state index is -1.18. The Labute approximate surface area is 150 Å². The number of hydrogen-bond donors (Lipinski definition) is 2. The third kappa shape index (κ3) is 1.78. The van der Waals surface area contributed by atoms with Gasteiger partial charge in [0.15, 0.2) is 5.41 Å². The van der Waals surface area contributed by atoms with E-state index in [2.05, 4.69) is 21.7 Å². The molecule has 25 heavy (non-hydrogen) atoms. The van der Waals surface area contributed by atoms with E-state index in [-0.39, 0.29) is 11.3 Å². The molecule has 0 saturated heterocycles. The van der Waals surface area contributed by atoms with Gasteiger partial charge in [0.05, 0.1) is 11.1 Å². The van der Waals surface area contributed by atoms with E-state index in [0.717, 1.165) is 46.9 Å². The average Bonchev–Trinajstić information content (AvgIpc) is 3.22. The number of benzene rings is 1. The van der Waals surface area contributed by atoms with E-state index in [9.17, 15) is 10.1 Å². The minimum Gasteiger partial charge on any atom is -0.369 e. The highest BCUT2D eigenvalue weighted by Gasteiger charge is 2.51. The zero-order valence-electron chi connectivity index (χ0n) is 13.6. The summed E-state index contributed by atoms with van der Waals surface area (Å²) in [5.74, 6) is 0.590. The first-order valence-corrected chi connectivity index (χ1v) is 8.67. The van der Waals surface area contributed by atoms with Crippen LogP contribution >= 0.6 is 11.6 Å². The van der Waals surface area contributed by atoms with E-state index in [1.54, 1.807) is 13.1 Å². The second-order valence-electron chi connectivity index (χ2n) is 7.29. The number of hydrogen-bond acceptors (Lipinski definition) is 4. The second-order valence-corrected chi connectivity index (χ2v) is 7.67. The highest BCUT2D eigenvalue weighted by Crippen LogP contribution is 2.57. The fourth-order valence-corrected chi connectivity index (χ4v) is 4.39. The summed E-state index contributed by atoms with van der Waals surface area (Å²) in [7, 11) is 0. The van der Waals surface area contributed by atoms with Crippen molar-refractivity contribution >= 4 is 29.0 Å². The van der Waals surface area contributed by atoms with Gasteiger partial charge in [-0.3, -0.25) is 4.79 Å². The number of carbonyl (C=O) groups is 1. The molecule has 0 bridgehead atoms. The Morgan fingerprint density at radius 1 is 1.36 bits per heavy atom. The molecule has 1 atom stereocenters. The molecule has 0 radical (unpaired) electrons. The first-order chi connectivity index (χ1) is 12.0. The van der Waals surface area contributed by atoms with E-state index in [4.69, 9.17) is 11.6 Å². The van der Waals surface area contributed by atoms with Crippen LogP contribution in [0, 0.1) is 11.3 Å². The Hall–Kier alpha value is -2.58. The number of pyridine rings is 1. The molecule has 1 aliphatic carbocycles. The maximum Gasteiger partial charge on any atom is 0.249 e. The molecule has 1 spiro atoms. The number of halogens is 1. The monoisotopic (exact) mass is 350 g/mol. The number of nitriles is 1. The van der Waals surface area contributed by atoms with Gasteiger partial charge >= 0.3 is 0 Å². The summed E-state index contributed by atoms with van der Waals surface area (Å²) in [5, 5.41) is 16.4. The van der Waals surface area contributed by atoms with Crippen molar-refractivity contribution in [1.29, 1.82) is 5.26 Å². The Bertz CT molecular complexity index is 1010. The van der Waals surface area contributed by atoms with Gasteiger partial charge in [-0.1, -0.05) is 17.7 Å². The predicted octanol–water partition coefficient (Wildman–Crippen LogP) is 3.59. The standard InChI is InChI=1S/C19H15ClN4O/c1-18(8-21)12-6-10(2-3-13(12)24-17(18)25)11-7-22-16-14(15(11)20)19(4-5-19)9-23-16/h2-3,6-7H,4-5,9H2,1H3,(H,22,23)(H,24,25)/t18-/m0/s1. The van der Waals surface area contributed by atoms with Crippen molar-refractivity contribution in [3.63, 3.8) is 0 Å². The van der Waals surface area contributed by atoms with Gasteiger partial charge in [0.2, 0.25) is 5.91 Å². The molecule has 1 aromatic carbocycles. The van der Waals surface area contributed by atoms with Gasteiger partial charge in [-0.05, 0) is 37.5 Å². The molecule has 3 aliphatic rings. The fourth-order valence-electron chi connectivity index (χ4n) is 3.94. The topological polar surface area (TPSA) is 77.8 Å². The molecule has 124 valence electrons. The summed E-state index contributed by atoms with van der Waals surface area (Å²) < 4.78 is 0. The molecule has 2 aliphatic heterocycles. The van der Waals surface area contributed by atoms with E-state index >= 15 is 0 Å². The van der Waals surface area contributed by atoms with E-state index < -0.39 is 5.41 Å². The molecule has 3 heterocycles. The molecule has 1 aromatic heterocycles. The Kier molecular flexibility index (Phi) is 2.67. The Balaban J connectivity index is 1.68. The van der Waals surface area contributed by atoms with Crippen LogP contribution in [-0.4, -0.2) is 17.4 Å². The number of nitrogens with one attached hydrogen (secondary N) is 2. The van der Waals surface area contributed by atoms with Crippen LogP contribution in [0.1, 0.15) is 30.9 Å². The number of anilines is 2. The lowest BCUT2D eigenvalue weighted by molar-refractivity contribution is -0.118. The van der Waals surface area contributed by atoms with E-state index in [1.807, 2.05) is 18.2 Å². The molecule has 5 nitrogen and oxygen atoms in total. The molecule has 2 aromatic rings. The van der Waals surface area contributed by atoms with Crippen LogP contribution in [-0.2, 0) is 15.6 Å². The number of aromatic nitrogens is 1. The van der Waals surface area contributed by atoms with Crippen molar-refractivity contribution in [3.05, 3.63) is 40.5 Å². The molecular formula is C19H15ClN4O. The van der Waals surface area contributed by atoms with Gasteiger partial charge in [0, 0.05) is 40.5 Å². The average molecular weight is 351 g/mol. The third-order valence-corrected chi connectivity index (χ3v) is 6.18. The molecule has 0 unspecified atom stereocenters. The van der Waals surface area contributed by atoms with Gasteiger partial charge in [-0.15, -0.1) is 0 Å². The van der Waals surface area contributed by atoms with Crippen LogP contribution in [0.4, 0.5) is 11.5 Å². The van der Waals surface area contributed by atoms with Crippen LogP contribution in [0.2, 0.25) is 5.02 Å². The fraction of sp³-hybridized carbons (Fsp3) is 0.316. The van der Waals surface area contributed by atoms with Crippen LogP contribution in [0.25, 0.3) is 11.1 Å². The van der Waals surface area contributed by atoms with Crippen LogP contribution in [0.3, 0.4) is 0 Å². The van der Waals surface area contributed by atoms with Crippen molar-refractivity contribution < 1.29 is 4.79 Å². The Morgan fingerprint density at radius 3 is 2.88 bits per heavy atom. The lowest BCUT2D eigenvalue weighted by Crippen LogP contribution is -2.28. The number of nitrogens with zero attached hydrogens (tertiary/aromatic N) is 2. The molecule has 1 fully saturated rings. The van der Waals surface area contributed by atoms with Crippen LogP contribution in [0.15, 0.2) is 24.4 Å². The third-order valence-electron chi connectivity index (χ3n) is 5.79. The summed E-state index contributed by atoms with van der Waals surface area (Å²) >= 11 is 6.77. The van der Waals surface area contributed by atoms with Gasteiger partial charge in [0.1, 0.15) is 5.82 Å². The molecule has 1 amide bonds. The first-order valence-electron chi connectivity index (χ1n) is 8.29. The summed E-state index contributed by atoms with van der Waals surface area (Å²) in [4.78, 5) is 16.7. The lowest BCUT2D eigenvalue weighted by atomic mass is 9.84. The molecule has 2 N–H and O–H groups in total. The van der Waals surface area contributed by atoms with Gasteiger partial charge in [-0.2, -0.15) is 5.26 Å². The lowest BCUT2D eigenvalue weighted by Gasteiger charge is -2.15. The molecule has 1 saturated carbocycles. The molecule has 6 heteroatoms. The normalized spacial score (nSPS) is 24.3. The summed E-state index contributed by atoms with van der Waals surface area (Å²) in [6.07, 6.45) is 4.03. The van der Waals surface area contributed by atoms with Crippen molar-refractivity contribution in [3.8, 4) is 17.2 Å². The van der Waals surface area contributed by atoms with E-state index in [0.29, 0.717) is 11.3 Å². The van der Waals surface area contributed by atoms with Crippen molar-refractivity contribution in [2.24, 2.45) is 0 Å². The Morgan fingerprint density at radius 2 is 2.16 bits per heavy atom. The van der Waals surface area contributed by atoms with Gasteiger partial charge in [-0.25, -0.2) is 4.98 Å². The zero-order valence-corrected chi connectivity index (χ0v) is 14.4. The number of rotatable bonds is 1. The number of amides is 1. The summed E-state index contributed by atoms with van der Waals surface area (Å²) in [6.45, 7) is 2.54. The van der Waals surface area contributed by atoms with Gasteiger partial charge < -0.3 is 10.6 Å². The van der Waals surface area contributed by atoms with Crippen molar-refractivity contribution in [2.45, 2.75) is 30.6 Å². The maximum atomic E-state index is 12.2. The van der Waals surface area contributed by atoms with Crippen molar-refractivity contribution in [1.82, 2.24) is 4.98 Å². The number of carbonyl (C=O) groups excluding carboxylic acids is 1. The SMILES string of the molecule is C[C@@]1(C#N)C(=O)Nc2ccc(-c3cnc4c(c3Cl)C3(CC3)CN4)cc21. The maximum absolute atomic E-state index is 12.2. The molecular weight excluding hydrogens is 336 g/mol. The van der Waals surface area contributed by atoms with E-state index in [1.165, 1.54) is 0 Å². The van der Waals surface area contributed by atoms with Crippen LogP contribution in [0.5, 0.6) is 0 Å². The second kappa shape index (κ2) is 4.53. The first kappa shape index (κ1) is 14.7. The zero-order chi connectivity index (χ0) is 17.4. The smallest absolute Gasteiger partial charge is 0.249 e. The predicted molar refractivity (Wildman–Crippen MR) is 95.7 cm³/mol. The highest BCUT2D eigenvalue weighted by atomic mass is 35.5. The van der Waals surface area contributed by atoms with Crippen molar-refractivity contribution in [2.75, 3.05) is 17.2 Å². The van der Waals surface area contributed by atoms with Crippen LogP contribution < -0.4 is 10.6 Å². The minimum absolute atomic E-state index is 0.144. The number of fused-ring (bicyclic) bond motifs is 3. The largest absolute Gasteiger partial charge is 0.369 e. The summed E-state index contributed by atoms with van der Waals surface area (Å²) in [6, 6.07) is 7.77. The molecule has 5 rings (SSSR count). The highest BCUT2D eigenvalue weighted by molar-refractivity contribution is 6.34.